The predicted molar refractivity (Wildman–Crippen MR) is 95.2 cm³/mol. The lowest BCUT2D eigenvalue weighted by molar-refractivity contribution is -0.129. The number of anilines is 1. The molecule has 0 radical (unpaired) electrons. The van der Waals surface area contributed by atoms with Gasteiger partial charge in [0, 0.05) is 24.0 Å². The Labute approximate surface area is 148 Å². The lowest BCUT2D eigenvalue weighted by atomic mass is 10.1. The highest BCUT2D eigenvalue weighted by Crippen LogP contribution is 2.25. The molecule has 8 heteroatoms. The predicted octanol–water partition coefficient (Wildman–Crippen LogP) is 2.69. The molecule has 0 aromatic carbocycles. The van der Waals surface area contributed by atoms with Crippen molar-refractivity contribution in [2.45, 2.75) is 32.1 Å². The smallest absolute Gasteiger partial charge is 0.238 e. The van der Waals surface area contributed by atoms with Gasteiger partial charge in [0.2, 0.25) is 11.8 Å². The molecule has 128 valence electrons. The number of nitrogens with zero attached hydrogens (tertiary/aromatic N) is 2. The summed E-state index contributed by atoms with van der Waals surface area (Å²) in [6.07, 6.45) is 0.922. The minimum absolute atomic E-state index is 0.0776. The Bertz CT molecular complexity index is 741. The third-order valence-electron chi connectivity index (χ3n) is 3.87. The van der Waals surface area contributed by atoms with Crippen LogP contribution in [0.15, 0.2) is 22.0 Å². The molecule has 0 saturated carbocycles. The number of hydrogen-bond donors (Lipinski definition) is 1. The summed E-state index contributed by atoms with van der Waals surface area (Å²) >= 11 is 3.09. The van der Waals surface area contributed by atoms with Gasteiger partial charge in [0.1, 0.15) is 5.76 Å². The number of aryl methyl sites for hydroxylation is 1. The molecule has 1 unspecified atom stereocenters. The highest BCUT2D eigenvalue weighted by Gasteiger charge is 2.23. The summed E-state index contributed by atoms with van der Waals surface area (Å²) in [5.41, 5.74) is 1.25. The van der Waals surface area contributed by atoms with Gasteiger partial charge in [0.25, 0.3) is 0 Å². The molecule has 1 atom stereocenters. The molecule has 2 aromatic rings. The minimum Gasteiger partial charge on any atom is -0.360 e. The SMILES string of the molecule is Cc1cc(NC(=O)C(C)SCC(=O)N2CCc3sccc3C2)no1. The standard InChI is InChI=1S/C16H19N3O3S2/c1-10-7-14(18-22-10)17-16(21)11(2)24-9-15(20)19-5-3-13-12(8-19)4-6-23-13/h4,6-7,11H,3,5,8-9H2,1-2H3,(H,17,18,21). The normalized spacial score (nSPS) is 15.0. The molecule has 2 amide bonds. The third kappa shape index (κ3) is 3.99. The lowest BCUT2D eigenvalue weighted by Crippen LogP contribution is -2.37. The van der Waals surface area contributed by atoms with E-state index in [-0.39, 0.29) is 17.1 Å². The van der Waals surface area contributed by atoms with Crippen LogP contribution in [0.5, 0.6) is 0 Å². The molecule has 1 aliphatic heterocycles. The van der Waals surface area contributed by atoms with E-state index in [1.54, 1.807) is 31.3 Å². The van der Waals surface area contributed by atoms with Crippen LogP contribution in [0.3, 0.4) is 0 Å². The van der Waals surface area contributed by atoms with Crippen LogP contribution in [-0.4, -0.2) is 39.4 Å². The van der Waals surface area contributed by atoms with Crippen molar-refractivity contribution in [1.82, 2.24) is 10.1 Å². The van der Waals surface area contributed by atoms with Crippen molar-refractivity contribution >= 4 is 40.7 Å². The van der Waals surface area contributed by atoms with Crippen molar-refractivity contribution in [3.8, 4) is 0 Å². The zero-order chi connectivity index (χ0) is 17.1. The number of amides is 2. The van der Waals surface area contributed by atoms with Gasteiger partial charge in [0.15, 0.2) is 5.82 Å². The topological polar surface area (TPSA) is 75.4 Å². The highest BCUT2D eigenvalue weighted by atomic mass is 32.2. The van der Waals surface area contributed by atoms with Crippen LogP contribution in [-0.2, 0) is 22.6 Å². The molecular formula is C16H19N3O3S2. The van der Waals surface area contributed by atoms with E-state index < -0.39 is 0 Å². The van der Waals surface area contributed by atoms with Gasteiger partial charge in [-0.3, -0.25) is 9.59 Å². The fourth-order valence-corrected chi connectivity index (χ4v) is 4.15. The Morgan fingerprint density at radius 3 is 3.12 bits per heavy atom. The van der Waals surface area contributed by atoms with Gasteiger partial charge in [-0.05, 0) is 37.3 Å². The van der Waals surface area contributed by atoms with Gasteiger partial charge in [-0.15, -0.1) is 23.1 Å². The summed E-state index contributed by atoms with van der Waals surface area (Å²) in [5, 5.41) is 8.15. The molecule has 1 N–H and O–H groups in total. The lowest BCUT2D eigenvalue weighted by Gasteiger charge is -2.27. The molecule has 3 rings (SSSR count). The Hall–Kier alpha value is -1.80. The Morgan fingerprint density at radius 1 is 1.54 bits per heavy atom. The van der Waals surface area contributed by atoms with Crippen molar-refractivity contribution < 1.29 is 14.1 Å². The average molecular weight is 365 g/mol. The molecule has 3 heterocycles. The van der Waals surface area contributed by atoms with Gasteiger partial charge >= 0.3 is 0 Å². The Kier molecular flexibility index (Phi) is 5.25. The van der Waals surface area contributed by atoms with Gasteiger partial charge in [-0.1, -0.05) is 5.16 Å². The van der Waals surface area contributed by atoms with Crippen LogP contribution in [0.4, 0.5) is 5.82 Å². The number of fused-ring (bicyclic) bond motifs is 1. The summed E-state index contributed by atoms with van der Waals surface area (Å²) in [6.45, 7) is 4.98. The second-order valence-corrected chi connectivity index (χ2v) is 8.03. The second kappa shape index (κ2) is 7.40. The van der Waals surface area contributed by atoms with Crippen molar-refractivity contribution in [2.75, 3.05) is 17.6 Å². The van der Waals surface area contributed by atoms with E-state index >= 15 is 0 Å². The maximum absolute atomic E-state index is 12.4. The van der Waals surface area contributed by atoms with E-state index in [0.717, 1.165) is 13.0 Å². The summed E-state index contributed by atoms with van der Waals surface area (Å²) < 4.78 is 4.91. The third-order valence-corrected chi connectivity index (χ3v) is 6.02. The number of carbonyl (C=O) groups excluding carboxylic acids is 2. The van der Waals surface area contributed by atoms with Crippen molar-refractivity contribution in [1.29, 1.82) is 0 Å². The summed E-state index contributed by atoms with van der Waals surface area (Å²) in [5.74, 6) is 1.23. The number of thiophene rings is 1. The first-order chi connectivity index (χ1) is 11.5. The van der Waals surface area contributed by atoms with E-state index in [9.17, 15) is 9.59 Å². The maximum Gasteiger partial charge on any atom is 0.238 e. The molecule has 0 fully saturated rings. The van der Waals surface area contributed by atoms with E-state index in [0.29, 0.717) is 23.9 Å². The van der Waals surface area contributed by atoms with Crippen molar-refractivity contribution in [3.63, 3.8) is 0 Å². The zero-order valence-corrected chi connectivity index (χ0v) is 15.2. The molecule has 0 bridgehead atoms. The summed E-state index contributed by atoms with van der Waals surface area (Å²) in [7, 11) is 0. The largest absolute Gasteiger partial charge is 0.360 e. The highest BCUT2D eigenvalue weighted by molar-refractivity contribution is 8.01. The first-order valence-corrected chi connectivity index (χ1v) is 9.64. The Morgan fingerprint density at radius 2 is 2.38 bits per heavy atom. The molecule has 0 aliphatic carbocycles. The molecular weight excluding hydrogens is 346 g/mol. The van der Waals surface area contributed by atoms with E-state index in [1.165, 1.54) is 22.2 Å². The molecule has 0 saturated heterocycles. The van der Waals surface area contributed by atoms with Crippen LogP contribution in [0.1, 0.15) is 23.1 Å². The second-order valence-electron chi connectivity index (χ2n) is 5.70. The quantitative estimate of drug-likeness (QED) is 0.882. The number of hydrogen-bond acceptors (Lipinski definition) is 6. The van der Waals surface area contributed by atoms with Crippen LogP contribution < -0.4 is 5.32 Å². The fourth-order valence-electron chi connectivity index (χ4n) is 2.48. The van der Waals surface area contributed by atoms with E-state index in [4.69, 9.17) is 4.52 Å². The van der Waals surface area contributed by atoms with Crippen LogP contribution in [0.2, 0.25) is 0 Å². The van der Waals surface area contributed by atoms with Gasteiger partial charge in [-0.25, -0.2) is 0 Å². The zero-order valence-electron chi connectivity index (χ0n) is 13.6. The fraction of sp³-hybridized carbons (Fsp3) is 0.438. The number of nitrogens with one attached hydrogen (secondary N) is 1. The number of aromatic nitrogens is 1. The first kappa shape index (κ1) is 17.0. The van der Waals surface area contributed by atoms with Gasteiger partial charge < -0.3 is 14.7 Å². The van der Waals surface area contributed by atoms with Crippen LogP contribution in [0.25, 0.3) is 0 Å². The Balaban J connectivity index is 1.46. The monoisotopic (exact) mass is 365 g/mol. The van der Waals surface area contributed by atoms with Crippen molar-refractivity contribution in [3.05, 3.63) is 33.7 Å². The van der Waals surface area contributed by atoms with Crippen molar-refractivity contribution in [2.24, 2.45) is 0 Å². The first-order valence-electron chi connectivity index (χ1n) is 7.71. The number of rotatable bonds is 5. The van der Waals surface area contributed by atoms with E-state index in [2.05, 4.69) is 21.9 Å². The van der Waals surface area contributed by atoms with Crippen LogP contribution in [0, 0.1) is 6.92 Å². The summed E-state index contributed by atoms with van der Waals surface area (Å²) in [4.78, 5) is 27.7. The molecule has 2 aromatic heterocycles. The molecule has 6 nitrogen and oxygen atoms in total. The summed E-state index contributed by atoms with van der Waals surface area (Å²) in [6, 6.07) is 3.75. The molecule has 24 heavy (non-hydrogen) atoms. The average Bonchev–Trinajstić information content (AvgIpc) is 3.20. The van der Waals surface area contributed by atoms with Gasteiger partial charge in [-0.2, -0.15) is 0 Å². The number of carbonyl (C=O) groups is 2. The molecule has 0 spiro atoms. The number of thioether (sulfide) groups is 1. The molecule has 1 aliphatic rings. The van der Waals surface area contributed by atoms with Gasteiger partial charge in [0.05, 0.1) is 11.0 Å². The maximum atomic E-state index is 12.4. The minimum atomic E-state index is -0.340. The van der Waals surface area contributed by atoms with Crippen LogP contribution >= 0.6 is 23.1 Å². The van der Waals surface area contributed by atoms with E-state index in [1.807, 2.05) is 4.90 Å².